The molecular weight excluding hydrogens is 352 g/mol. The third-order valence-electron chi connectivity index (χ3n) is 8.06. The normalized spacial score (nSPS) is 27.7. The molecule has 0 unspecified atom stereocenters. The maximum Gasteiger partial charge on any atom is 0.0681 e. The zero-order valence-electron chi connectivity index (χ0n) is 18.9. The summed E-state index contributed by atoms with van der Waals surface area (Å²) in [7, 11) is 0. The van der Waals surface area contributed by atoms with Crippen molar-refractivity contribution in [2.24, 2.45) is 23.7 Å². The molecule has 29 heavy (non-hydrogen) atoms. The minimum Gasteiger partial charge on any atom is -0.392 e. The molecule has 2 aliphatic rings. The summed E-state index contributed by atoms with van der Waals surface area (Å²) in [5.74, 6) is 4.07. The van der Waals surface area contributed by atoms with E-state index in [0.717, 1.165) is 34.8 Å². The predicted molar refractivity (Wildman–Crippen MR) is 126 cm³/mol. The van der Waals surface area contributed by atoms with Crippen LogP contribution in [0.15, 0.2) is 30.8 Å². The van der Waals surface area contributed by atoms with Crippen LogP contribution in [0.5, 0.6) is 0 Å². The molecule has 1 N–H and O–H groups in total. The Kier molecular flexibility index (Phi) is 9.31. The van der Waals surface area contributed by atoms with Crippen LogP contribution in [-0.2, 0) is 6.42 Å². The van der Waals surface area contributed by atoms with Gasteiger partial charge in [0.1, 0.15) is 0 Å². The standard InChI is InChI=1S/C28H44O/c1-3-4-5-6-23-11-17-27(18-12-23)28-19-13-25(14-20-28)8-7-24-9-15-26(16-10-24)22(2)21-29/h9-10,15-16,23,25,27-29H,2-8,11-14,17-21H2,1H3. The fourth-order valence-electron chi connectivity index (χ4n) is 5.95. The molecule has 162 valence electrons. The number of hydrogen-bond donors (Lipinski definition) is 1. The number of benzene rings is 1. The lowest BCUT2D eigenvalue weighted by Gasteiger charge is -2.38. The molecule has 1 aromatic carbocycles. The summed E-state index contributed by atoms with van der Waals surface area (Å²) in [5.41, 5.74) is 3.31. The minimum absolute atomic E-state index is 0.0447. The van der Waals surface area contributed by atoms with Gasteiger partial charge in [-0.2, -0.15) is 0 Å². The van der Waals surface area contributed by atoms with E-state index in [9.17, 15) is 5.11 Å². The Morgan fingerprint density at radius 3 is 1.90 bits per heavy atom. The van der Waals surface area contributed by atoms with Crippen LogP contribution in [0, 0.1) is 23.7 Å². The molecule has 2 aliphatic carbocycles. The number of aliphatic hydroxyl groups excluding tert-OH is 1. The summed E-state index contributed by atoms with van der Waals surface area (Å²) in [6.45, 7) is 6.27. The molecule has 1 nitrogen and oxygen atoms in total. The second-order valence-electron chi connectivity index (χ2n) is 10.1. The van der Waals surface area contributed by atoms with E-state index >= 15 is 0 Å². The summed E-state index contributed by atoms with van der Waals surface area (Å²) in [6, 6.07) is 8.67. The van der Waals surface area contributed by atoms with E-state index in [1.807, 2.05) is 0 Å². The topological polar surface area (TPSA) is 20.2 Å². The molecular formula is C28H44O. The average molecular weight is 397 g/mol. The molecule has 2 fully saturated rings. The van der Waals surface area contributed by atoms with Gasteiger partial charge in [-0.15, -0.1) is 0 Å². The molecule has 0 heterocycles. The highest BCUT2D eigenvalue weighted by molar-refractivity contribution is 5.63. The van der Waals surface area contributed by atoms with E-state index in [1.165, 1.54) is 95.5 Å². The van der Waals surface area contributed by atoms with Crippen molar-refractivity contribution in [3.8, 4) is 0 Å². The summed E-state index contributed by atoms with van der Waals surface area (Å²) >= 11 is 0. The highest BCUT2D eigenvalue weighted by Gasteiger charge is 2.30. The molecule has 3 rings (SSSR count). The largest absolute Gasteiger partial charge is 0.392 e. The van der Waals surface area contributed by atoms with Crippen LogP contribution >= 0.6 is 0 Å². The van der Waals surface area contributed by atoms with Crippen LogP contribution in [0.3, 0.4) is 0 Å². The van der Waals surface area contributed by atoms with E-state index in [0.29, 0.717) is 0 Å². The van der Waals surface area contributed by atoms with Crippen molar-refractivity contribution in [3.05, 3.63) is 42.0 Å². The first-order chi connectivity index (χ1) is 14.2. The molecule has 0 spiro atoms. The van der Waals surface area contributed by atoms with E-state index in [2.05, 4.69) is 37.8 Å². The van der Waals surface area contributed by atoms with Crippen molar-refractivity contribution in [2.75, 3.05) is 6.61 Å². The minimum atomic E-state index is 0.0447. The van der Waals surface area contributed by atoms with E-state index in [4.69, 9.17) is 0 Å². The number of aryl methyl sites for hydroxylation is 1. The van der Waals surface area contributed by atoms with Crippen LogP contribution in [-0.4, -0.2) is 11.7 Å². The van der Waals surface area contributed by atoms with Gasteiger partial charge in [0, 0.05) is 0 Å². The van der Waals surface area contributed by atoms with E-state index in [1.54, 1.807) is 0 Å². The number of rotatable bonds is 10. The van der Waals surface area contributed by atoms with E-state index < -0.39 is 0 Å². The molecule has 0 aromatic heterocycles. The fourth-order valence-corrected chi connectivity index (χ4v) is 5.95. The van der Waals surface area contributed by atoms with E-state index in [-0.39, 0.29) is 6.61 Å². The van der Waals surface area contributed by atoms with Gasteiger partial charge in [-0.1, -0.05) is 89.1 Å². The smallest absolute Gasteiger partial charge is 0.0681 e. The Morgan fingerprint density at radius 2 is 1.38 bits per heavy atom. The molecule has 0 bridgehead atoms. The van der Waals surface area contributed by atoms with Gasteiger partial charge in [0.25, 0.3) is 0 Å². The Bertz CT molecular complexity index is 585. The zero-order chi connectivity index (χ0) is 20.5. The molecule has 2 saturated carbocycles. The van der Waals surface area contributed by atoms with Crippen LogP contribution in [0.2, 0.25) is 0 Å². The lowest BCUT2D eigenvalue weighted by molar-refractivity contribution is 0.140. The highest BCUT2D eigenvalue weighted by atomic mass is 16.3. The second-order valence-corrected chi connectivity index (χ2v) is 10.1. The third-order valence-corrected chi connectivity index (χ3v) is 8.06. The van der Waals surface area contributed by atoms with Gasteiger partial charge < -0.3 is 5.11 Å². The Morgan fingerprint density at radius 1 is 0.828 bits per heavy atom. The summed E-state index contributed by atoms with van der Waals surface area (Å²) in [6.07, 6.45) is 20.3. The Hall–Kier alpha value is -1.08. The quantitative estimate of drug-likeness (QED) is 0.400. The van der Waals surface area contributed by atoms with Crippen molar-refractivity contribution < 1.29 is 5.11 Å². The maximum atomic E-state index is 9.20. The Balaban J connectivity index is 1.33. The second kappa shape index (κ2) is 11.9. The lowest BCUT2D eigenvalue weighted by Crippen LogP contribution is -2.26. The van der Waals surface area contributed by atoms with Crippen LogP contribution in [0.4, 0.5) is 0 Å². The zero-order valence-corrected chi connectivity index (χ0v) is 18.9. The maximum absolute atomic E-state index is 9.20. The fraction of sp³-hybridized carbons (Fsp3) is 0.714. The van der Waals surface area contributed by atoms with Crippen molar-refractivity contribution >= 4 is 5.57 Å². The first-order valence-corrected chi connectivity index (χ1v) is 12.6. The van der Waals surface area contributed by atoms with Gasteiger partial charge >= 0.3 is 0 Å². The van der Waals surface area contributed by atoms with Crippen molar-refractivity contribution in [1.29, 1.82) is 0 Å². The first kappa shape index (κ1) is 22.6. The van der Waals surface area contributed by atoms with Crippen LogP contribution in [0.1, 0.15) is 102 Å². The van der Waals surface area contributed by atoms with Crippen molar-refractivity contribution in [1.82, 2.24) is 0 Å². The molecule has 0 atom stereocenters. The third kappa shape index (κ3) is 6.99. The lowest BCUT2D eigenvalue weighted by atomic mass is 9.68. The summed E-state index contributed by atoms with van der Waals surface area (Å²) in [5, 5.41) is 9.20. The van der Waals surface area contributed by atoms with Crippen LogP contribution in [0.25, 0.3) is 5.57 Å². The summed E-state index contributed by atoms with van der Waals surface area (Å²) < 4.78 is 0. The predicted octanol–water partition coefficient (Wildman–Crippen LogP) is 7.82. The Labute approximate surface area is 180 Å². The van der Waals surface area contributed by atoms with Gasteiger partial charge in [-0.05, 0) is 78.9 Å². The molecule has 0 amide bonds. The monoisotopic (exact) mass is 396 g/mol. The van der Waals surface area contributed by atoms with Crippen molar-refractivity contribution in [2.45, 2.75) is 96.8 Å². The molecule has 1 aromatic rings. The first-order valence-electron chi connectivity index (χ1n) is 12.6. The highest BCUT2D eigenvalue weighted by Crippen LogP contribution is 2.43. The van der Waals surface area contributed by atoms with Gasteiger partial charge in [-0.3, -0.25) is 0 Å². The number of hydrogen-bond acceptors (Lipinski definition) is 1. The summed E-state index contributed by atoms with van der Waals surface area (Å²) in [4.78, 5) is 0. The van der Waals surface area contributed by atoms with Gasteiger partial charge in [0.2, 0.25) is 0 Å². The molecule has 0 radical (unpaired) electrons. The van der Waals surface area contributed by atoms with Gasteiger partial charge in [0.15, 0.2) is 0 Å². The number of unbranched alkanes of at least 4 members (excludes halogenated alkanes) is 2. The number of aliphatic hydroxyl groups is 1. The van der Waals surface area contributed by atoms with Gasteiger partial charge in [-0.25, -0.2) is 0 Å². The van der Waals surface area contributed by atoms with Crippen LogP contribution < -0.4 is 0 Å². The van der Waals surface area contributed by atoms with Crippen molar-refractivity contribution in [3.63, 3.8) is 0 Å². The average Bonchev–Trinajstić information content (AvgIpc) is 2.78. The molecule has 0 saturated heterocycles. The molecule has 1 heteroatoms. The van der Waals surface area contributed by atoms with Gasteiger partial charge in [0.05, 0.1) is 6.61 Å². The molecule has 0 aliphatic heterocycles. The SMILES string of the molecule is C=C(CO)c1ccc(CCC2CCC(C3CCC(CCCCC)CC3)CC2)cc1.